The predicted octanol–water partition coefficient (Wildman–Crippen LogP) is 4.23. The van der Waals surface area contributed by atoms with Gasteiger partial charge in [0, 0.05) is 29.4 Å². The summed E-state index contributed by atoms with van der Waals surface area (Å²) in [5.41, 5.74) is 7.33. The van der Waals surface area contributed by atoms with Gasteiger partial charge in [-0.3, -0.25) is 14.4 Å². The van der Waals surface area contributed by atoms with Gasteiger partial charge in [-0.05, 0) is 37.8 Å². The number of anilines is 1. The number of nitrogens with zero attached hydrogens (tertiary/aromatic N) is 1. The van der Waals surface area contributed by atoms with Crippen LogP contribution in [0, 0.1) is 30.5 Å². The van der Waals surface area contributed by atoms with Crippen LogP contribution in [0.5, 0.6) is 0 Å². The van der Waals surface area contributed by atoms with E-state index in [4.69, 9.17) is 5.73 Å². The Morgan fingerprint density at radius 3 is 2.50 bits per heavy atom. The Bertz CT molecular complexity index is 1270. The standard InChI is InChI=1S/C27H28F4N4O3/c1-14-4-2-5-16(12-14)21-18-6-3-7-20(28)22(18)34-26(38)24(33-21)35-25(37)19(13-15-8-9-15)17(23(32)36)10-11-27(29,30)31/h2-7,12,15,17,19,24H,8-11,13H2,1H3,(H2,32,36)(H,34,38)(H,35,37)/t17-,19+,24-/m1/s1. The molecule has 2 aliphatic rings. The third kappa shape index (κ3) is 6.56. The zero-order valence-corrected chi connectivity index (χ0v) is 20.6. The first-order valence-electron chi connectivity index (χ1n) is 12.3. The van der Waals surface area contributed by atoms with Crippen molar-refractivity contribution in [1.82, 2.24) is 5.32 Å². The number of halogens is 4. The second kappa shape index (κ2) is 10.9. The van der Waals surface area contributed by atoms with Crippen LogP contribution in [0.1, 0.15) is 48.8 Å². The number of hydrogen-bond acceptors (Lipinski definition) is 4. The van der Waals surface area contributed by atoms with Crippen molar-refractivity contribution in [3.8, 4) is 0 Å². The normalized spacial score (nSPS) is 18.9. The molecule has 1 saturated carbocycles. The van der Waals surface area contributed by atoms with Crippen LogP contribution in [0.3, 0.4) is 0 Å². The summed E-state index contributed by atoms with van der Waals surface area (Å²) in [5.74, 6) is -5.82. The maximum absolute atomic E-state index is 14.7. The van der Waals surface area contributed by atoms with Crippen molar-refractivity contribution >= 4 is 29.1 Å². The van der Waals surface area contributed by atoms with E-state index < -0.39 is 60.6 Å². The van der Waals surface area contributed by atoms with Crippen LogP contribution >= 0.6 is 0 Å². The number of para-hydroxylation sites is 1. The quantitative estimate of drug-likeness (QED) is 0.420. The number of amides is 3. The third-order valence-corrected chi connectivity index (χ3v) is 6.80. The zero-order valence-electron chi connectivity index (χ0n) is 20.6. The summed E-state index contributed by atoms with van der Waals surface area (Å²) < 4.78 is 53.5. The molecule has 11 heteroatoms. The SMILES string of the molecule is Cc1cccc(C2=N[C@H](NC(=O)[C@@H](CC3CC3)[C@@H](CCC(F)(F)F)C(N)=O)C(=O)Nc3c(F)cccc32)c1. The highest BCUT2D eigenvalue weighted by molar-refractivity contribution is 6.20. The molecule has 3 atom stereocenters. The number of rotatable bonds is 9. The van der Waals surface area contributed by atoms with Crippen LogP contribution in [-0.4, -0.2) is 35.8 Å². The fourth-order valence-electron chi connectivity index (χ4n) is 4.69. The third-order valence-electron chi connectivity index (χ3n) is 6.80. The summed E-state index contributed by atoms with van der Waals surface area (Å²) in [6.45, 7) is 1.85. The number of aliphatic imine (C=N–C) groups is 1. The summed E-state index contributed by atoms with van der Waals surface area (Å²) >= 11 is 0. The average molecular weight is 533 g/mol. The van der Waals surface area contributed by atoms with Crippen molar-refractivity contribution in [2.75, 3.05) is 5.32 Å². The number of aryl methyl sites for hydroxylation is 1. The number of nitrogens with two attached hydrogens (primary N) is 1. The first-order chi connectivity index (χ1) is 17.9. The minimum absolute atomic E-state index is 0.0751. The number of primary amides is 1. The largest absolute Gasteiger partial charge is 0.389 e. The fourth-order valence-corrected chi connectivity index (χ4v) is 4.69. The second-order valence-electron chi connectivity index (χ2n) is 9.86. The van der Waals surface area contributed by atoms with Gasteiger partial charge in [0.05, 0.1) is 11.4 Å². The molecule has 0 radical (unpaired) electrons. The summed E-state index contributed by atoms with van der Waals surface area (Å²) in [5, 5.41) is 4.96. The Labute approximate surface area is 216 Å². The van der Waals surface area contributed by atoms with Crippen LogP contribution in [-0.2, 0) is 14.4 Å². The van der Waals surface area contributed by atoms with Crippen LogP contribution in [0.15, 0.2) is 47.5 Å². The Morgan fingerprint density at radius 1 is 1.16 bits per heavy atom. The van der Waals surface area contributed by atoms with E-state index in [-0.39, 0.29) is 23.7 Å². The molecule has 202 valence electrons. The first-order valence-corrected chi connectivity index (χ1v) is 12.3. The van der Waals surface area contributed by atoms with Crippen LogP contribution in [0.25, 0.3) is 0 Å². The molecule has 1 aliphatic carbocycles. The lowest BCUT2D eigenvalue weighted by Gasteiger charge is -2.26. The van der Waals surface area contributed by atoms with E-state index >= 15 is 0 Å². The lowest BCUT2D eigenvalue weighted by molar-refractivity contribution is -0.146. The first kappa shape index (κ1) is 27.3. The Hall–Kier alpha value is -3.76. The molecule has 2 aromatic rings. The number of nitrogens with one attached hydrogen (secondary N) is 2. The highest BCUT2D eigenvalue weighted by Gasteiger charge is 2.41. The smallest absolute Gasteiger partial charge is 0.369 e. The molecule has 3 amide bonds. The van der Waals surface area contributed by atoms with Gasteiger partial charge in [-0.2, -0.15) is 13.2 Å². The van der Waals surface area contributed by atoms with E-state index in [0.717, 1.165) is 18.4 Å². The number of benzodiazepines with no additional fused rings is 1. The predicted molar refractivity (Wildman–Crippen MR) is 133 cm³/mol. The van der Waals surface area contributed by atoms with Crippen LogP contribution in [0.4, 0.5) is 23.2 Å². The zero-order chi connectivity index (χ0) is 27.6. The number of hydrogen-bond donors (Lipinski definition) is 3. The summed E-state index contributed by atoms with van der Waals surface area (Å²) in [6, 6.07) is 11.4. The van der Waals surface area contributed by atoms with Gasteiger partial charge in [0.2, 0.25) is 18.0 Å². The number of carbonyl (C=O) groups is 3. The second-order valence-corrected chi connectivity index (χ2v) is 9.86. The molecule has 7 nitrogen and oxygen atoms in total. The Morgan fingerprint density at radius 2 is 1.87 bits per heavy atom. The van der Waals surface area contributed by atoms with E-state index in [9.17, 15) is 31.9 Å². The average Bonchev–Trinajstić information content (AvgIpc) is 3.66. The molecular formula is C27H28F4N4O3. The van der Waals surface area contributed by atoms with Crippen molar-refractivity contribution < 1.29 is 31.9 Å². The van der Waals surface area contributed by atoms with Gasteiger partial charge in [0.25, 0.3) is 5.91 Å². The van der Waals surface area contributed by atoms with E-state index in [1.807, 2.05) is 13.0 Å². The fraction of sp³-hybridized carbons (Fsp3) is 0.407. The monoisotopic (exact) mass is 532 g/mol. The molecule has 1 aliphatic heterocycles. The number of fused-ring (bicyclic) bond motifs is 1. The van der Waals surface area contributed by atoms with Crippen molar-refractivity contribution in [3.05, 3.63) is 65.0 Å². The summed E-state index contributed by atoms with van der Waals surface area (Å²) in [4.78, 5) is 43.1. The summed E-state index contributed by atoms with van der Waals surface area (Å²) in [6.07, 6.45) is -6.25. The highest BCUT2D eigenvalue weighted by Crippen LogP contribution is 2.39. The maximum atomic E-state index is 14.7. The molecule has 2 aromatic carbocycles. The lowest BCUT2D eigenvalue weighted by atomic mass is 9.83. The minimum Gasteiger partial charge on any atom is -0.369 e. The van der Waals surface area contributed by atoms with E-state index in [2.05, 4.69) is 15.6 Å². The van der Waals surface area contributed by atoms with Gasteiger partial charge >= 0.3 is 6.18 Å². The molecular weight excluding hydrogens is 504 g/mol. The molecule has 38 heavy (non-hydrogen) atoms. The van der Waals surface area contributed by atoms with Crippen molar-refractivity contribution in [3.63, 3.8) is 0 Å². The van der Waals surface area contributed by atoms with Gasteiger partial charge in [-0.25, -0.2) is 9.38 Å². The number of benzene rings is 2. The lowest BCUT2D eigenvalue weighted by Crippen LogP contribution is -2.48. The van der Waals surface area contributed by atoms with Crippen molar-refractivity contribution in [2.45, 2.75) is 51.4 Å². The van der Waals surface area contributed by atoms with E-state index in [1.54, 1.807) is 24.3 Å². The molecule has 0 saturated heterocycles. The van der Waals surface area contributed by atoms with E-state index in [0.29, 0.717) is 11.1 Å². The van der Waals surface area contributed by atoms with Gasteiger partial charge < -0.3 is 16.4 Å². The Balaban J connectivity index is 1.68. The minimum atomic E-state index is -4.53. The van der Waals surface area contributed by atoms with Crippen molar-refractivity contribution in [2.24, 2.45) is 28.5 Å². The van der Waals surface area contributed by atoms with Gasteiger partial charge in [0.15, 0.2) is 0 Å². The highest BCUT2D eigenvalue weighted by atomic mass is 19.4. The molecule has 1 fully saturated rings. The molecule has 0 unspecified atom stereocenters. The van der Waals surface area contributed by atoms with Gasteiger partial charge in [0.1, 0.15) is 5.82 Å². The number of alkyl halides is 3. The van der Waals surface area contributed by atoms with Crippen LogP contribution in [0.2, 0.25) is 0 Å². The summed E-state index contributed by atoms with van der Waals surface area (Å²) in [7, 11) is 0. The molecule has 0 aromatic heterocycles. The van der Waals surface area contributed by atoms with Crippen LogP contribution < -0.4 is 16.4 Å². The molecule has 4 rings (SSSR count). The number of carbonyl (C=O) groups excluding carboxylic acids is 3. The Kier molecular flexibility index (Phi) is 7.84. The van der Waals surface area contributed by atoms with Gasteiger partial charge in [-0.1, -0.05) is 48.7 Å². The maximum Gasteiger partial charge on any atom is 0.389 e. The topological polar surface area (TPSA) is 114 Å². The molecule has 4 N–H and O–H groups in total. The van der Waals surface area contributed by atoms with E-state index in [1.165, 1.54) is 12.1 Å². The van der Waals surface area contributed by atoms with Crippen molar-refractivity contribution in [1.29, 1.82) is 0 Å². The molecule has 0 spiro atoms. The molecule has 0 bridgehead atoms. The molecule has 1 heterocycles. The van der Waals surface area contributed by atoms with Gasteiger partial charge in [-0.15, -0.1) is 0 Å².